The molecule has 1 unspecified atom stereocenters. The molecule has 1 heterocycles. The Morgan fingerprint density at radius 3 is 2.50 bits per heavy atom. The Balaban J connectivity index is 1.52. The van der Waals surface area contributed by atoms with E-state index in [0.29, 0.717) is 38.6 Å². The van der Waals surface area contributed by atoms with Crippen LogP contribution in [0.5, 0.6) is 5.75 Å². The van der Waals surface area contributed by atoms with Crippen molar-refractivity contribution in [3.05, 3.63) is 29.8 Å². The van der Waals surface area contributed by atoms with E-state index in [0.717, 1.165) is 37.0 Å². The van der Waals surface area contributed by atoms with Crippen LogP contribution < -0.4 is 10.5 Å². The maximum absolute atomic E-state index is 12.8. The molecule has 1 saturated carbocycles. The zero-order valence-electron chi connectivity index (χ0n) is 17.1. The summed E-state index contributed by atoms with van der Waals surface area (Å²) in [5.74, 6) is 1.37. The summed E-state index contributed by atoms with van der Waals surface area (Å²) in [6.07, 6.45) is 3.42. The highest BCUT2D eigenvalue weighted by Gasteiger charge is 2.36. The molecule has 0 aromatic heterocycles. The molecule has 2 amide bonds. The number of piperazine rings is 1. The minimum atomic E-state index is -0.536. The summed E-state index contributed by atoms with van der Waals surface area (Å²) in [5.41, 5.74) is 6.93. The largest absolute Gasteiger partial charge is 0.481 e. The van der Waals surface area contributed by atoms with Crippen LogP contribution in [0.15, 0.2) is 24.3 Å². The van der Waals surface area contributed by atoms with Gasteiger partial charge in [-0.3, -0.25) is 9.59 Å². The average molecular weight is 388 g/mol. The van der Waals surface area contributed by atoms with Crippen molar-refractivity contribution in [3.8, 4) is 5.75 Å². The number of amides is 2. The fourth-order valence-electron chi connectivity index (χ4n) is 4.43. The van der Waals surface area contributed by atoms with Gasteiger partial charge in [-0.1, -0.05) is 31.5 Å². The Bertz CT molecular complexity index is 685. The van der Waals surface area contributed by atoms with Gasteiger partial charge in [-0.25, -0.2) is 0 Å². The van der Waals surface area contributed by atoms with Crippen molar-refractivity contribution in [3.63, 3.8) is 0 Å². The quantitative estimate of drug-likeness (QED) is 0.811. The van der Waals surface area contributed by atoms with Gasteiger partial charge in [0.1, 0.15) is 5.75 Å². The van der Waals surface area contributed by atoms with Crippen molar-refractivity contribution < 1.29 is 14.3 Å². The molecule has 28 heavy (non-hydrogen) atoms. The molecule has 2 aliphatic rings. The van der Waals surface area contributed by atoms with E-state index in [1.54, 1.807) is 6.92 Å². The molecule has 0 spiro atoms. The summed E-state index contributed by atoms with van der Waals surface area (Å²) in [4.78, 5) is 29.4. The first-order valence-corrected chi connectivity index (χ1v) is 10.6. The van der Waals surface area contributed by atoms with E-state index in [-0.39, 0.29) is 17.7 Å². The number of rotatable bonds is 6. The molecule has 0 bridgehead atoms. The second-order valence-corrected chi connectivity index (χ2v) is 7.91. The molecule has 6 heteroatoms. The molecule has 1 saturated heterocycles. The number of para-hydroxylation sites is 1. The van der Waals surface area contributed by atoms with Crippen molar-refractivity contribution in [1.82, 2.24) is 9.80 Å². The maximum Gasteiger partial charge on any atom is 0.263 e. The van der Waals surface area contributed by atoms with Crippen molar-refractivity contribution in [1.29, 1.82) is 0 Å². The van der Waals surface area contributed by atoms with E-state index in [4.69, 9.17) is 10.5 Å². The number of nitrogens with zero attached hydrogens (tertiary/aromatic N) is 2. The van der Waals surface area contributed by atoms with E-state index in [9.17, 15) is 9.59 Å². The zero-order chi connectivity index (χ0) is 20.1. The van der Waals surface area contributed by atoms with Gasteiger partial charge in [-0.15, -0.1) is 0 Å². The maximum atomic E-state index is 12.8. The Kier molecular flexibility index (Phi) is 6.94. The standard InChI is InChI=1S/C22H33N3O3/c1-3-17-7-4-5-10-20(17)28-16(2)21(26)24-11-13-25(14-12-24)22(27)19-9-6-8-18(19)15-23/h4-5,7,10,16,18-19H,3,6,8-9,11-15,23H2,1-2H3/t16?,18-,19-/m1/s1. The number of hydrogen-bond acceptors (Lipinski definition) is 4. The molecule has 0 radical (unpaired) electrons. The minimum Gasteiger partial charge on any atom is -0.481 e. The van der Waals surface area contributed by atoms with E-state index in [1.165, 1.54) is 0 Å². The van der Waals surface area contributed by atoms with E-state index in [1.807, 2.05) is 34.1 Å². The van der Waals surface area contributed by atoms with Crippen molar-refractivity contribution in [2.24, 2.45) is 17.6 Å². The van der Waals surface area contributed by atoms with Crippen molar-refractivity contribution in [2.75, 3.05) is 32.7 Å². The van der Waals surface area contributed by atoms with Gasteiger partial charge in [-0.2, -0.15) is 0 Å². The first kappa shape index (κ1) is 20.6. The average Bonchev–Trinajstić information content (AvgIpc) is 3.22. The Hall–Kier alpha value is -2.08. The lowest BCUT2D eigenvalue weighted by atomic mass is 9.94. The third kappa shape index (κ3) is 4.49. The minimum absolute atomic E-state index is 0.0151. The number of benzene rings is 1. The van der Waals surface area contributed by atoms with Crippen molar-refractivity contribution >= 4 is 11.8 Å². The van der Waals surface area contributed by atoms with Crippen LogP contribution >= 0.6 is 0 Å². The SMILES string of the molecule is CCc1ccccc1OC(C)C(=O)N1CCN(C(=O)[C@@H]2CCC[C@@H]2CN)CC1. The molecule has 1 aliphatic heterocycles. The van der Waals surface area contributed by atoms with E-state index >= 15 is 0 Å². The lowest BCUT2D eigenvalue weighted by Gasteiger charge is -2.37. The highest BCUT2D eigenvalue weighted by molar-refractivity contribution is 5.82. The molecule has 1 aromatic carbocycles. The second kappa shape index (κ2) is 9.41. The monoisotopic (exact) mass is 387 g/mol. The smallest absolute Gasteiger partial charge is 0.263 e. The van der Waals surface area contributed by atoms with Gasteiger partial charge in [0, 0.05) is 32.1 Å². The number of ether oxygens (including phenoxy) is 1. The van der Waals surface area contributed by atoms with Gasteiger partial charge in [0.05, 0.1) is 0 Å². The van der Waals surface area contributed by atoms with Crippen LogP contribution in [0.3, 0.4) is 0 Å². The first-order valence-electron chi connectivity index (χ1n) is 10.6. The number of aryl methyl sites for hydroxylation is 1. The lowest BCUT2D eigenvalue weighted by molar-refractivity contribution is -0.145. The third-order valence-corrected chi connectivity index (χ3v) is 6.19. The van der Waals surface area contributed by atoms with Gasteiger partial charge in [0.15, 0.2) is 6.10 Å². The van der Waals surface area contributed by atoms with Crippen LogP contribution in [0.4, 0.5) is 0 Å². The summed E-state index contributed by atoms with van der Waals surface area (Å²) in [5, 5.41) is 0. The van der Waals surface area contributed by atoms with Gasteiger partial charge >= 0.3 is 0 Å². The normalized spacial score (nSPS) is 23.5. The summed E-state index contributed by atoms with van der Waals surface area (Å²) < 4.78 is 5.95. The highest BCUT2D eigenvalue weighted by atomic mass is 16.5. The number of carbonyl (C=O) groups excluding carboxylic acids is 2. The van der Waals surface area contributed by atoms with Gasteiger partial charge in [0.25, 0.3) is 5.91 Å². The third-order valence-electron chi connectivity index (χ3n) is 6.19. The molecule has 3 atom stereocenters. The van der Waals surface area contributed by atoms with E-state index in [2.05, 4.69) is 6.92 Å². The van der Waals surface area contributed by atoms with Crippen LogP contribution in [0.25, 0.3) is 0 Å². The number of nitrogens with two attached hydrogens (primary N) is 1. The van der Waals surface area contributed by atoms with Crippen LogP contribution in [0.1, 0.15) is 38.7 Å². The van der Waals surface area contributed by atoms with Crippen LogP contribution in [-0.2, 0) is 16.0 Å². The van der Waals surface area contributed by atoms with Crippen molar-refractivity contribution in [2.45, 2.75) is 45.6 Å². The molecular formula is C22H33N3O3. The fourth-order valence-corrected chi connectivity index (χ4v) is 4.43. The summed E-state index contributed by atoms with van der Waals surface area (Å²) in [6, 6.07) is 7.84. The Morgan fingerprint density at radius 2 is 1.82 bits per heavy atom. The predicted octanol–water partition coefficient (Wildman–Crippen LogP) is 2.06. The Labute approximate surface area is 168 Å². The molecule has 1 aromatic rings. The molecular weight excluding hydrogens is 354 g/mol. The first-order chi connectivity index (χ1) is 13.5. The topological polar surface area (TPSA) is 75.9 Å². The summed E-state index contributed by atoms with van der Waals surface area (Å²) >= 11 is 0. The fraction of sp³-hybridized carbons (Fsp3) is 0.636. The van der Waals surface area contributed by atoms with Crippen LogP contribution in [-0.4, -0.2) is 60.4 Å². The zero-order valence-corrected chi connectivity index (χ0v) is 17.1. The summed E-state index contributed by atoms with van der Waals surface area (Å²) in [7, 11) is 0. The molecule has 2 fully saturated rings. The van der Waals surface area contributed by atoms with Gasteiger partial charge in [0.2, 0.25) is 5.91 Å². The predicted molar refractivity (Wildman–Crippen MR) is 109 cm³/mol. The molecule has 3 rings (SSSR count). The molecule has 6 nitrogen and oxygen atoms in total. The molecule has 1 aliphatic carbocycles. The number of carbonyl (C=O) groups is 2. The van der Waals surface area contributed by atoms with Gasteiger partial charge < -0.3 is 20.3 Å². The van der Waals surface area contributed by atoms with Gasteiger partial charge in [-0.05, 0) is 50.3 Å². The van der Waals surface area contributed by atoms with Crippen LogP contribution in [0.2, 0.25) is 0 Å². The lowest BCUT2D eigenvalue weighted by Crippen LogP contribution is -2.54. The highest BCUT2D eigenvalue weighted by Crippen LogP contribution is 2.32. The van der Waals surface area contributed by atoms with Crippen LogP contribution in [0, 0.1) is 11.8 Å². The number of hydrogen-bond donors (Lipinski definition) is 1. The second-order valence-electron chi connectivity index (χ2n) is 7.91. The van der Waals surface area contributed by atoms with E-state index < -0.39 is 6.10 Å². The Morgan fingerprint density at radius 1 is 1.14 bits per heavy atom. The molecule has 2 N–H and O–H groups in total. The summed E-state index contributed by atoms with van der Waals surface area (Å²) in [6.45, 7) is 6.78. The molecule has 154 valence electrons.